The SMILES string of the molecule is COC1(Br)NC=CC([N+]#N)=C1C.F[B-](F)(F)F. The zero-order valence-corrected chi connectivity index (χ0v) is 10.5. The van der Waals surface area contributed by atoms with Crippen LogP contribution in [0.4, 0.5) is 17.3 Å². The van der Waals surface area contributed by atoms with Gasteiger partial charge in [0.05, 0.1) is 5.57 Å². The number of ether oxygens (including phenoxy) is 1. The van der Waals surface area contributed by atoms with Crippen molar-refractivity contribution in [1.29, 1.82) is 5.39 Å². The van der Waals surface area contributed by atoms with Crippen molar-refractivity contribution in [2.75, 3.05) is 7.11 Å². The molecule has 0 aromatic heterocycles. The van der Waals surface area contributed by atoms with Crippen LogP contribution in [0.15, 0.2) is 23.5 Å². The molecular formula is C7H9BBrF4N3O. The molecule has 0 saturated heterocycles. The van der Waals surface area contributed by atoms with Crippen molar-refractivity contribution >= 4 is 23.2 Å². The lowest BCUT2D eigenvalue weighted by atomic mass is 10.1. The van der Waals surface area contributed by atoms with Crippen LogP contribution in [-0.4, -0.2) is 19.0 Å². The normalized spacial score (nSPS) is 23.4. The number of dihydropyridines is 1. The number of diazo groups is 1. The molecule has 0 saturated carbocycles. The molecule has 1 atom stereocenters. The molecule has 0 aromatic carbocycles. The van der Waals surface area contributed by atoms with Gasteiger partial charge in [-0.2, -0.15) is 0 Å². The predicted molar refractivity (Wildman–Crippen MR) is 58.9 cm³/mol. The van der Waals surface area contributed by atoms with Crippen molar-refractivity contribution in [1.82, 2.24) is 5.32 Å². The van der Waals surface area contributed by atoms with Crippen LogP contribution in [0.3, 0.4) is 0 Å². The van der Waals surface area contributed by atoms with Gasteiger partial charge in [0.1, 0.15) is 0 Å². The summed E-state index contributed by atoms with van der Waals surface area (Å²) < 4.78 is 43.4. The zero-order valence-electron chi connectivity index (χ0n) is 8.92. The van der Waals surface area contributed by atoms with Gasteiger partial charge in [0.15, 0.2) is 4.98 Å². The van der Waals surface area contributed by atoms with Gasteiger partial charge in [0, 0.05) is 19.4 Å². The van der Waals surface area contributed by atoms with E-state index in [1.807, 2.05) is 6.92 Å². The second-order valence-electron chi connectivity index (χ2n) is 2.88. The third kappa shape index (κ3) is 5.69. The average molecular weight is 318 g/mol. The van der Waals surface area contributed by atoms with Gasteiger partial charge in [0.2, 0.25) is 10.0 Å². The third-order valence-electron chi connectivity index (χ3n) is 1.77. The van der Waals surface area contributed by atoms with Crippen LogP contribution in [0.2, 0.25) is 0 Å². The van der Waals surface area contributed by atoms with Gasteiger partial charge in [0.25, 0.3) is 0 Å². The largest absolute Gasteiger partial charge is 0.673 e. The fourth-order valence-corrected chi connectivity index (χ4v) is 1.28. The Bertz CT molecular complexity index is 372. The topological polar surface area (TPSA) is 49.4 Å². The van der Waals surface area contributed by atoms with E-state index in [-0.39, 0.29) is 0 Å². The van der Waals surface area contributed by atoms with Crippen LogP contribution in [-0.2, 0) is 4.74 Å². The number of rotatable bonds is 1. The first-order valence-corrected chi connectivity index (χ1v) is 5.05. The maximum atomic E-state index is 9.75. The minimum absolute atomic E-state index is 0.493. The van der Waals surface area contributed by atoms with E-state index in [2.05, 4.69) is 26.2 Å². The van der Waals surface area contributed by atoms with Crippen LogP contribution in [0.1, 0.15) is 6.92 Å². The molecule has 1 aliphatic heterocycles. The molecule has 0 radical (unpaired) electrons. The molecule has 1 N–H and O–H groups in total. The highest BCUT2D eigenvalue weighted by atomic mass is 79.9. The average Bonchev–Trinajstić information content (AvgIpc) is 2.20. The summed E-state index contributed by atoms with van der Waals surface area (Å²) in [5.74, 6) is 0. The molecule has 0 aliphatic carbocycles. The first-order valence-electron chi connectivity index (χ1n) is 4.26. The molecule has 0 spiro atoms. The summed E-state index contributed by atoms with van der Waals surface area (Å²) >= 11 is 3.33. The van der Waals surface area contributed by atoms with E-state index in [1.165, 1.54) is 0 Å². The Hall–Kier alpha value is -1.08. The quantitative estimate of drug-likeness (QED) is 0.265. The summed E-state index contributed by atoms with van der Waals surface area (Å²) in [6, 6.07) is 0. The van der Waals surface area contributed by atoms with E-state index >= 15 is 0 Å². The summed E-state index contributed by atoms with van der Waals surface area (Å²) in [5.41, 5.74) is 1.27. The molecule has 96 valence electrons. The molecule has 4 nitrogen and oxygen atoms in total. The van der Waals surface area contributed by atoms with E-state index in [9.17, 15) is 17.3 Å². The van der Waals surface area contributed by atoms with Gasteiger partial charge in [-0.05, 0) is 22.9 Å². The number of methoxy groups -OCH3 is 1. The Morgan fingerprint density at radius 2 is 1.94 bits per heavy atom. The van der Waals surface area contributed by atoms with Crippen molar-refractivity contribution in [2.45, 2.75) is 11.6 Å². The van der Waals surface area contributed by atoms with Crippen molar-refractivity contribution in [3.8, 4) is 0 Å². The Morgan fingerprint density at radius 1 is 1.47 bits per heavy atom. The highest BCUT2D eigenvalue weighted by molar-refractivity contribution is 9.10. The Labute approximate surface area is 104 Å². The molecule has 0 bridgehead atoms. The van der Waals surface area contributed by atoms with Gasteiger partial charge in [-0.1, -0.05) is 0 Å². The predicted octanol–water partition coefficient (Wildman–Crippen LogP) is 3.23. The molecule has 0 aromatic rings. The number of allylic oxidation sites excluding steroid dienone is 1. The van der Waals surface area contributed by atoms with E-state index in [0.29, 0.717) is 5.70 Å². The first kappa shape index (κ1) is 15.9. The highest BCUT2D eigenvalue weighted by Crippen LogP contribution is 2.31. The van der Waals surface area contributed by atoms with E-state index in [1.54, 1.807) is 19.4 Å². The monoisotopic (exact) mass is 317 g/mol. The van der Waals surface area contributed by atoms with Gasteiger partial charge in [-0.15, -0.1) is 0 Å². The van der Waals surface area contributed by atoms with Gasteiger partial charge < -0.3 is 27.3 Å². The second kappa shape index (κ2) is 6.02. The minimum atomic E-state index is -6.00. The lowest BCUT2D eigenvalue weighted by Crippen LogP contribution is -2.40. The summed E-state index contributed by atoms with van der Waals surface area (Å²) in [4.78, 5) is 3.11. The lowest BCUT2D eigenvalue weighted by molar-refractivity contribution is 0.0888. The van der Waals surface area contributed by atoms with Gasteiger partial charge in [-0.25, -0.2) is 0 Å². The number of hydrogen-bond acceptors (Lipinski definition) is 3. The second-order valence-corrected chi connectivity index (χ2v) is 4.00. The molecule has 0 fully saturated rings. The number of hydrogen-bond donors (Lipinski definition) is 1. The van der Waals surface area contributed by atoms with Crippen molar-refractivity contribution in [3.63, 3.8) is 0 Å². The third-order valence-corrected chi connectivity index (χ3v) is 2.91. The van der Waals surface area contributed by atoms with Crippen LogP contribution in [0, 0.1) is 5.39 Å². The standard InChI is InChI=1S/C7H9BrN3O.BF4/c1-5-6(11-9)3-4-10-7(5,8)12-2;2-1(3,4)5/h3-4,10H,1-2H3;/q+1;-1. The van der Waals surface area contributed by atoms with Gasteiger partial charge in [-0.3, -0.25) is 0 Å². The summed E-state index contributed by atoms with van der Waals surface area (Å²) in [7, 11) is -4.45. The Morgan fingerprint density at radius 3 is 2.29 bits per heavy atom. The Kier molecular flexibility index (Phi) is 5.64. The fourth-order valence-electron chi connectivity index (χ4n) is 0.946. The summed E-state index contributed by atoms with van der Waals surface area (Å²) in [6.07, 6.45) is 3.31. The van der Waals surface area contributed by atoms with Crippen molar-refractivity contribution in [2.24, 2.45) is 0 Å². The molecule has 10 heteroatoms. The van der Waals surface area contributed by atoms with Crippen LogP contribution >= 0.6 is 15.9 Å². The molecule has 0 amide bonds. The molecule has 1 unspecified atom stereocenters. The van der Waals surface area contributed by atoms with Crippen LogP contribution in [0.5, 0.6) is 0 Å². The van der Waals surface area contributed by atoms with Crippen LogP contribution in [0.25, 0.3) is 4.98 Å². The lowest BCUT2D eigenvalue weighted by Gasteiger charge is -2.27. The highest BCUT2D eigenvalue weighted by Gasteiger charge is 2.36. The van der Waals surface area contributed by atoms with Crippen molar-refractivity contribution < 1.29 is 22.0 Å². The maximum Gasteiger partial charge on any atom is 0.673 e. The van der Waals surface area contributed by atoms with Crippen molar-refractivity contribution in [3.05, 3.63) is 28.5 Å². The molecule has 1 rings (SSSR count). The fraction of sp³-hybridized carbons (Fsp3) is 0.429. The minimum Gasteiger partial charge on any atom is -0.418 e. The maximum absolute atomic E-state index is 9.75. The van der Waals surface area contributed by atoms with E-state index < -0.39 is 11.9 Å². The van der Waals surface area contributed by atoms with E-state index in [0.717, 1.165) is 5.57 Å². The van der Waals surface area contributed by atoms with Crippen LogP contribution < -0.4 is 5.32 Å². The smallest absolute Gasteiger partial charge is 0.418 e. The molecule has 1 heterocycles. The van der Waals surface area contributed by atoms with Gasteiger partial charge >= 0.3 is 13.0 Å². The van der Waals surface area contributed by atoms with E-state index in [4.69, 9.17) is 10.1 Å². The number of nitrogens with zero attached hydrogens (tertiary/aromatic N) is 2. The number of nitrogens with one attached hydrogen (secondary N) is 1. The first-order chi connectivity index (χ1) is 7.64. The molecule has 17 heavy (non-hydrogen) atoms. The zero-order chi connectivity index (χ0) is 13.7. The summed E-state index contributed by atoms with van der Waals surface area (Å²) in [5, 5.41) is 11.5. The number of halogens is 5. The Balaban J connectivity index is 0.000000437. The molecular weight excluding hydrogens is 309 g/mol. The molecule has 1 aliphatic rings. The number of alkyl halides is 1. The summed E-state index contributed by atoms with van der Waals surface area (Å²) in [6.45, 7) is 1.81.